The maximum atomic E-state index is 12.3. The number of Topliss-reactive ketones (excluding diaryl/α,β-unsaturated/α-hetero) is 1. The number of piperidine rings is 1. The Balaban J connectivity index is 2.03. The minimum atomic E-state index is -3.19. The molecule has 0 bridgehead atoms. The third-order valence-corrected chi connectivity index (χ3v) is 5.34. The average Bonchev–Trinajstić information content (AvgIpc) is 2.41. The quantitative estimate of drug-likeness (QED) is 0.677. The minimum Gasteiger partial charge on any atom is -0.398 e. The van der Waals surface area contributed by atoms with Crippen molar-refractivity contribution < 1.29 is 13.2 Å². The topological polar surface area (TPSA) is 80.5 Å². The molecule has 2 N–H and O–H groups in total. The van der Waals surface area contributed by atoms with Gasteiger partial charge in [-0.05, 0) is 37.0 Å². The summed E-state index contributed by atoms with van der Waals surface area (Å²) in [5.74, 6) is 0.0227. The Bertz CT molecular complexity index is 646. The van der Waals surface area contributed by atoms with Crippen LogP contribution in [0.3, 0.4) is 0 Å². The van der Waals surface area contributed by atoms with Gasteiger partial charge in [-0.25, -0.2) is 12.7 Å². The Morgan fingerprint density at radius 2 is 2.19 bits per heavy atom. The van der Waals surface area contributed by atoms with E-state index in [-0.39, 0.29) is 11.7 Å². The summed E-state index contributed by atoms with van der Waals surface area (Å²) in [6.07, 6.45) is 3.18. The van der Waals surface area contributed by atoms with Crippen LogP contribution in [-0.2, 0) is 10.0 Å². The summed E-state index contributed by atoms with van der Waals surface area (Å²) < 4.78 is 24.6. The number of sulfonamides is 1. The lowest BCUT2D eigenvalue weighted by molar-refractivity contribution is 0.0942. The Labute approximate surface area is 130 Å². The zero-order valence-corrected chi connectivity index (χ0v) is 13.5. The number of hydrogen-bond acceptors (Lipinski definition) is 4. The van der Waals surface area contributed by atoms with Crippen LogP contribution in [0.2, 0.25) is 5.02 Å². The van der Waals surface area contributed by atoms with Gasteiger partial charge < -0.3 is 5.73 Å². The third kappa shape index (κ3) is 4.18. The van der Waals surface area contributed by atoms with Gasteiger partial charge in [-0.1, -0.05) is 11.6 Å². The van der Waals surface area contributed by atoms with Gasteiger partial charge in [-0.15, -0.1) is 0 Å². The van der Waals surface area contributed by atoms with Gasteiger partial charge in [0.25, 0.3) is 0 Å². The molecule has 1 aliphatic rings. The second-order valence-corrected chi connectivity index (χ2v) is 7.88. The predicted octanol–water partition coefficient (Wildman–Crippen LogP) is 2.17. The Morgan fingerprint density at radius 3 is 2.81 bits per heavy atom. The molecule has 0 aromatic heterocycles. The van der Waals surface area contributed by atoms with Gasteiger partial charge in [0.15, 0.2) is 5.78 Å². The van der Waals surface area contributed by atoms with Crippen LogP contribution in [0, 0.1) is 5.92 Å². The monoisotopic (exact) mass is 330 g/mol. The van der Waals surface area contributed by atoms with E-state index in [1.807, 2.05) is 0 Å². The molecule has 1 unspecified atom stereocenters. The molecule has 0 amide bonds. The highest BCUT2D eigenvalue weighted by atomic mass is 35.5. The molecule has 7 heteroatoms. The first-order chi connectivity index (χ1) is 9.77. The van der Waals surface area contributed by atoms with Crippen molar-refractivity contribution in [3.8, 4) is 0 Å². The maximum absolute atomic E-state index is 12.3. The van der Waals surface area contributed by atoms with Gasteiger partial charge in [-0.3, -0.25) is 4.79 Å². The van der Waals surface area contributed by atoms with Crippen LogP contribution in [-0.4, -0.2) is 37.9 Å². The van der Waals surface area contributed by atoms with Crippen LogP contribution in [0.15, 0.2) is 18.2 Å². The molecule has 1 heterocycles. The van der Waals surface area contributed by atoms with Crippen LogP contribution < -0.4 is 5.73 Å². The fraction of sp³-hybridized carbons (Fsp3) is 0.500. The first-order valence-electron chi connectivity index (χ1n) is 6.80. The summed E-state index contributed by atoms with van der Waals surface area (Å²) in [6.45, 7) is 0.949. The van der Waals surface area contributed by atoms with Gasteiger partial charge in [0.2, 0.25) is 10.0 Å². The molecule has 0 radical (unpaired) electrons. The van der Waals surface area contributed by atoms with E-state index in [0.717, 1.165) is 12.8 Å². The van der Waals surface area contributed by atoms with Crippen LogP contribution >= 0.6 is 11.6 Å². The van der Waals surface area contributed by atoms with Gasteiger partial charge in [0.1, 0.15) is 0 Å². The lowest BCUT2D eigenvalue weighted by Gasteiger charge is -2.30. The van der Waals surface area contributed by atoms with Gasteiger partial charge in [0.05, 0.1) is 17.0 Å². The number of nitrogens with two attached hydrogens (primary N) is 1. The molecule has 1 aliphatic heterocycles. The fourth-order valence-corrected chi connectivity index (χ4v) is 3.70. The lowest BCUT2D eigenvalue weighted by Crippen LogP contribution is -2.39. The molecular formula is C14H19ClN2O3S. The van der Waals surface area contributed by atoms with Crippen molar-refractivity contribution in [2.24, 2.45) is 5.92 Å². The van der Waals surface area contributed by atoms with Crippen molar-refractivity contribution >= 4 is 33.1 Å². The SMILES string of the molecule is CS(=O)(=O)N1CCCC(CC(=O)c2ccc(N)c(Cl)c2)C1. The summed E-state index contributed by atoms with van der Waals surface area (Å²) >= 11 is 5.92. The van der Waals surface area contributed by atoms with Crippen LogP contribution in [0.25, 0.3) is 0 Å². The number of nitrogen functional groups attached to an aromatic ring is 1. The van der Waals surface area contributed by atoms with Gasteiger partial charge in [-0.2, -0.15) is 0 Å². The summed E-state index contributed by atoms with van der Waals surface area (Å²) in [5, 5.41) is 0.363. The number of carbonyl (C=O) groups is 1. The molecule has 1 saturated heterocycles. The van der Waals surface area contributed by atoms with E-state index in [1.54, 1.807) is 18.2 Å². The maximum Gasteiger partial charge on any atom is 0.211 e. The standard InChI is InChI=1S/C14H19ClN2O3S/c1-21(19,20)17-6-2-3-10(9-17)7-14(18)11-4-5-13(16)12(15)8-11/h4-5,8,10H,2-3,6-7,9,16H2,1H3. The Morgan fingerprint density at radius 1 is 1.48 bits per heavy atom. The first-order valence-corrected chi connectivity index (χ1v) is 9.03. The molecule has 0 spiro atoms. The Kier molecular flexibility index (Phi) is 4.91. The van der Waals surface area contributed by atoms with E-state index >= 15 is 0 Å². The summed E-state index contributed by atoms with van der Waals surface area (Å²) in [7, 11) is -3.19. The highest BCUT2D eigenvalue weighted by molar-refractivity contribution is 7.88. The average molecular weight is 331 g/mol. The highest BCUT2D eigenvalue weighted by Gasteiger charge is 2.27. The van der Waals surface area contributed by atoms with E-state index < -0.39 is 10.0 Å². The number of benzene rings is 1. The highest BCUT2D eigenvalue weighted by Crippen LogP contribution is 2.25. The number of carbonyl (C=O) groups excluding carboxylic acids is 1. The van der Waals surface area contributed by atoms with Crippen molar-refractivity contribution in [1.29, 1.82) is 0 Å². The summed E-state index contributed by atoms with van der Waals surface area (Å²) in [4.78, 5) is 12.3. The second-order valence-electron chi connectivity index (χ2n) is 5.49. The number of ketones is 1. The normalized spacial score (nSPS) is 20.4. The number of nitrogens with zero attached hydrogens (tertiary/aromatic N) is 1. The van der Waals surface area contributed by atoms with E-state index in [9.17, 15) is 13.2 Å². The van der Waals surface area contributed by atoms with Gasteiger partial charge >= 0.3 is 0 Å². The molecule has 1 atom stereocenters. The largest absolute Gasteiger partial charge is 0.398 e. The molecule has 0 aliphatic carbocycles. The predicted molar refractivity (Wildman–Crippen MR) is 84.0 cm³/mol. The molecule has 1 aromatic rings. The third-order valence-electron chi connectivity index (χ3n) is 3.75. The molecule has 1 fully saturated rings. The molecule has 2 rings (SSSR count). The molecule has 116 valence electrons. The summed E-state index contributed by atoms with van der Waals surface area (Å²) in [6, 6.07) is 4.83. The number of anilines is 1. The van der Waals surface area contributed by atoms with Crippen molar-refractivity contribution in [2.75, 3.05) is 25.1 Å². The zero-order valence-electron chi connectivity index (χ0n) is 11.9. The smallest absolute Gasteiger partial charge is 0.211 e. The lowest BCUT2D eigenvalue weighted by atomic mass is 9.92. The number of halogens is 1. The molecule has 0 saturated carbocycles. The van der Waals surface area contributed by atoms with Crippen LogP contribution in [0.1, 0.15) is 29.6 Å². The summed E-state index contributed by atoms with van der Waals surface area (Å²) in [5.41, 5.74) is 6.58. The first kappa shape index (κ1) is 16.3. The molecule has 1 aromatic carbocycles. The van der Waals surface area contributed by atoms with Crippen LogP contribution in [0.5, 0.6) is 0 Å². The van der Waals surface area contributed by atoms with E-state index in [2.05, 4.69) is 0 Å². The van der Waals surface area contributed by atoms with E-state index in [4.69, 9.17) is 17.3 Å². The van der Waals surface area contributed by atoms with Crippen molar-refractivity contribution in [3.05, 3.63) is 28.8 Å². The fourth-order valence-electron chi connectivity index (χ4n) is 2.58. The van der Waals surface area contributed by atoms with Crippen molar-refractivity contribution in [2.45, 2.75) is 19.3 Å². The van der Waals surface area contributed by atoms with Gasteiger partial charge in [0, 0.05) is 25.1 Å². The number of rotatable bonds is 4. The van der Waals surface area contributed by atoms with E-state index in [0.29, 0.717) is 35.8 Å². The minimum absolute atomic E-state index is 0.0303. The molecule has 5 nitrogen and oxygen atoms in total. The van der Waals surface area contributed by atoms with Crippen molar-refractivity contribution in [1.82, 2.24) is 4.31 Å². The zero-order chi connectivity index (χ0) is 15.6. The van der Waals surface area contributed by atoms with Crippen molar-refractivity contribution in [3.63, 3.8) is 0 Å². The molecule has 21 heavy (non-hydrogen) atoms. The number of hydrogen-bond donors (Lipinski definition) is 1. The van der Waals surface area contributed by atoms with Crippen LogP contribution in [0.4, 0.5) is 5.69 Å². The van der Waals surface area contributed by atoms with E-state index in [1.165, 1.54) is 10.6 Å². The Hall–Kier alpha value is -1.11. The second kappa shape index (κ2) is 6.34. The molecular weight excluding hydrogens is 312 g/mol.